The minimum Gasteiger partial charge on any atom is -0.493 e. The Balaban J connectivity index is 0.000000641. The molecule has 0 saturated heterocycles. The number of aromatic nitrogens is 2. The summed E-state index contributed by atoms with van der Waals surface area (Å²) in [4.78, 5) is 17.0. The van der Waals surface area contributed by atoms with Gasteiger partial charge in [0.25, 0.3) is 56.5 Å². The third-order valence-electron chi connectivity index (χ3n) is 9.79. The van der Waals surface area contributed by atoms with Crippen molar-refractivity contribution < 1.29 is 104 Å². The van der Waals surface area contributed by atoms with Gasteiger partial charge in [-0.2, -0.15) is 57.4 Å². The number of imidazole rings is 1. The van der Waals surface area contributed by atoms with Gasteiger partial charge in [-0.25, -0.2) is 10.2 Å². The van der Waals surface area contributed by atoms with Crippen molar-refractivity contribution in [2.45, 2.75) is 42.9 Å². The highest BCUT2D eigenvalue weighted by Crippen LogP contribution is 2.42. The van der Waals surface area contributed by atoms with Crippen molar-refractivity contribution in [2.24, 2.45) is 36.4 Å². The van der Waals surface area contributed by atoms with Crippen molar-refractivity contribution in [1.82, 2.24) is 9.38 Å². The Morgan fingerprint density at radius 2 is 1.17 bits per heavy atom. The second kappa shape index (κ2) is 31.7. The molecule has 0 radical (unpaired) electrons. The van der Waals surface area contributed by atoms with Crippen LogP contribution in [0, 0.1) is 13.8 Å². The van der Waals surface area contributed by atoms with Crippen LogP contribution in [0.15, 0.2) is 119 Å². The number of rotatable bonds is 24. The van der Waals surface area contributed by atoms with Gasteiger partial charge in [0.05, 0.1) is 75.8 Å². The molecule has 9 N–H and O–H groups in total. The second-order valence-corrected chi connectivity index (χ2v) is 24.7. The molecule has 0 aliphatic carbocycles. The van der Waals surface area contributed by atoms with Crippen LogP contribution in [0.4, 0.5) is 34.1 Å². The average molecular weight is 1270 g/mol. The third kappa shape index (κ3) is 24.9. The summed E-state index contributed by atoms with van der Waals surface area (Å²) in [5.41, 5.74) is 7.58. The fourth-order valence-corrected chi connectivity index (χ4v) is 8.79. The molecule has 2 aromatic heterocycles. The number of nitrogens with two attached hydrogens (primary N) is 1. The number of ether oxygens (including phenoxy) is 3. The van der Waals surface area contributed by atoms with E-state index < -0.39 is 73.0 Å². The number of azo groups is 3. The molecule has 6 aromatic rings. The molecule has 0 unspecified atom stereocenters. The molecule has 450 valence electrons. The van der Waals surface area contributed by atoms with Crippen LogP contribution in [-0.4, -0.2) is 148 Å². The van der Waals surface area contributed by atoms with Gasteiger partial charge in [0.1, 0.15) is 27.7 Å². The molecule has 4 aromatic carbocycles. The fraction of sp³-hybridized carbons (Fsp3) is 0.318. The lowest BCUT2D eigenvalue weighted by Crippen LogP contribution is -2.15. The van der Waals surface area contributed by atoms with E-state index >= 15 is 0 Å². The number of primary amides is 1. The van der Waals surface area contributed by atoms with Gasteiger partial charge in [0.2, 0.25) is 5.88 Å². The molecule has 32 nitrogen and oxygen atoms in total. The number of aryl methyl sites for hydroxylation is 1. The molecule has 0 atom stereocenters. The van der Waals surface area contributed by atoms with E-state index in [9.17, 15) is 61.1 Å². The van der Waals surface area contributed by atoms with Crippen molar-refractivity contribution >= 4 is 119 Å². The van der Waals surface area contributed by atoms with Gasteiger partial charge < -0.3 is 25.1 Å². The molecule has 0 spiro atoms. The van der Waals surface area contributed by atoms with E-state index in [1.54, 1.807) is 55.5 Å². The van der Waals surface area contributed by atoms with Crippen LogP contribution in [0.25, 0.3) is 16.7 Å². The number of nitrogens with zero attached hydrogens (tertiary/aromatic N) is 8. The second-order valence-electron chi connectivity index (χ2n) is 16.3. The summed E-state index contributed by atoms with van der Waals surface area (Å²) in [5.74, 6) is -2.29. The first-order chi connectivity index (χ1) is 38.2. The number of carbonyl (C=O) groups excluding carboxylic acids is 1. The number of amides is 1. The van der Waals surface area contributed by atoms with Gasteiger partial charge in [0.15, 0.2) is 5.65 Å². The highest BCUT2D eigenvalue weighted by Gasteiger charge is 2.24. The average Bonchev–Trinajstić information content (AvgIpc) is 3.96. The predicted molar refractivity (Wildman–Crippen MR) is 294 cm³/mol. The van der Waals surface area contributed by atoms with Crippen LogP contribution in [-0.2, 0) is 69.4 Å². The number of benzene rings is 4. The van der Waals surface area contributed by atoms with Crippen LogP contribution in [0.1, 0.15) is 40.7 Å². The van der Waals surface area contributed by atoms with Crippen molar-refractivity contribution in [3.8, 4) is 11.6 Å². The quantitative estimate of drug-likeness (QED) is 0.00714. The van der Waals surface area contributed by atoms with Crippen LogP contribution < -0.4 is 10.5 Å². The van der Waals surface area contributed by atoms with E-state index in [1.807, 2.05) is 0 Å². The van der Waals surface area contributed by atoms with Crippen molar-refractivity contribution in [1.29, 1.82) is 0 Å². The van der Waals surface area contributed by atoms with Crippen LogP contribution >= 0.6 is 12.0 Å². The molecule has 0 saturated carbocycles. The Kier molecular flexibility index (Phi) is 27.0. The Morgan fingerprint density at radius 3 is 1.70 bits per heavy atom. The van der Waals surface area contributed by atoms with Gasteiger partial charge in [-0.3, -0.25) is 32.0 Å². The first kappa shape index (κ1) is 69.7. The molecule has 82 heavy (non-hydrogen) atoms. The van der Waals surface area contributed by atoms with Crippen LogP contribution in [0.5, 0.6) is 11.6 Å². The Labute approximate surface area is 473 Å². The monoisotopic (exact) mass is 1270 g/mol. The Hall–Kier alpha value is -6.60. The van der Waals surface area contributed by atoms with Crippen LogP contribution in [0.2, 0.25) is 0 Å². The summed E-state index contributed by atoms with van der Waals surface area (Å²) >= 11 is 0.738. The van der Waals surface area contributed by atoms with E-state index in [4.69, 9.17) is 29.4 Å². The summed E-state index contributed by atoms with van der Waals surface area (Å²) in [6.45, 7) is 3.61. The summed E-state index contributed by atoms with van der Waals surface area (Å²) in [7, 11) is -17.4. The molecular weight excluding hydrogens is 1210 g/mol. The minimum absolute atomic E-state index is 0.00564. The number of hydrogen-bond donors (Lipinski definition) is 8. The zero-order chi connectivity index (χ0) is 61.6. The molecule has 38 heteroatoms. The van der Waals surface area contributed by atoms with E-state index in [2.05, 4.69) is 54.5 Å². The largest absolute Gasteiger partial charge is 0.493 e. The van der Waals surface area contributed by atoms with Gasteiger partial charge in [-0.15, -0.1) is 19.7 Å². The van der Waals surface area contributed by atoms with E-state index in [0.717, 1.165) is 18.1 Å². The number of hydrogen-bond acceptors (Lipinski definition) is 26. The van der Waals surface area contributed by atoms with Crippen molar-refractivity contribution in [2.75, 3.05) is 57.6 Å². The number of methoxy groups -OCH3 is 2. The summed E-state index contributed by atoms with van der Waals surface area (Å²) in [5, 5.41) is 48.1. The van der Waals surface area contributed by atoms with Crippen molar-refractivity contribution in [3.63, 3.8) is 0 Å². The first-order valence-corrected chi connectivity index (χ1v) is 31.6. The maximum atomic E-state index is 12.6. The Morgan fingerprint density at radius 1 is 0.659 bits per heavy atom. The van der Waals surface area contributed by atoms with E-state index in [-0.39, 0.29) is 75.5 Å². The zero-order valence-electron chi connectivity index (χ0n) is 43.6. The lowest BCUT2D eigenvalue weighted by atomic mass is 10.1. The highest BCUT2D eigenvalue weighted by atomic mass is 32.2. The topological polar surface area (TPSA) is 493 Å². The molecule has 0 bridgehead atoms. The highest BCUT2D eigenvalue weighted by molar-refractivity contribution is 7.94. The smallest absolute Gasteiger partial charge is 0.296 e. The fourth-order valence-electron chi connectivity index (χ4n) is 6.35. The number of para-hydroxylation sites is 2. The number of fused-ring (bicyclic) bond motifs is 3. The van der Waals surface area contributed by atoms with E-state index in [0.29, 0.717) is 59.5 Å². The Bertz CT molecular complexity index is 3800. The van der Waals surface area contributed by atoms with Gasteiger partial charge in [-0.1, -0.05) is 17.2 Å². The molecule has 6 rings (SSSR count). The number of carbonyl (C=O) groups is 1. The molecule has 0 fully saturated rings. The SMILES string of the molecule is COCCCS(=O)(=O)O.COCCCS(=O)(=O)O.CS(=O)(=O)O.Cc1cc(N=Nc2c(C)c(C(N)=O)c3nc4ccccc4n3c2O)c(OCCCS(=O)(=O)O)cc1N=Nc1ccc(N=Nc2ccc(SOOO)cc2)cc1S(=O)(=O)O. The molecule has 2 heterocycles. The maximum Gasteiger partial charge on any atom is 0.296 e. The minimum atomic E-state index is -4.86. The van der Waals surface area contributed by atoms with Gasteiger partial charge in [-0.05, 0) is 105 Å². The zero-order valence-corrected chi connectivity index (χ0v) is 48.5. The normalized spacial score (nSPS) is 12.3. The standard InChI is InChI=1S/C35H31N9O12S3.2C4H10O4S.CH4O3S/c1-19-16-27(42-43-32-20(2)31(33(36)45)34-37-24-6-3-4-7-28(24)44(34)35(32)46)29(54-14-5-15-58(48,49)50)18-26(19)41-40-25-13-10-22(17-30(25)59(51,52)53)39-38-21-8-11-23(12-9-21)57-56-55-47;2*1-8-3-2-4-9(5,6)7;1-5(2,3)4/h3-4,6-13,16-18,46-47H,5,14-15H2,1-2H3,(H2,36,45)(H,48,49,50)(H,51,52,53);2*2-4H2,1H3,(H,5,6,7);1H3,(H,2,3,4). The van der Waals surface area contributed by atoms with Gasteiger partial charge >= 0.3 is 0 Å². The molecular formula is C44H55N9O23S6. The van der Waals surface area contributed by atoms with Gasteiger partial charge in [0, 0.05) is 38.4 Å². The summed E-state index contributed by atoms with van der Waals surface area (Å²) in [6, 6.07) is 19.6. The first-order valence-electron chi connectivity index (χ1n) is 22.7. The number of pyridine rings is 1. The lowest BCUT2D eigenvalue weighted by Gasteiger charge is -2.12. The number of aromatic hydroxyl groups is 1. The van der Waals surface area contributed by atoms with E-state index in [1.165, 1.54) is 49.8 Å². The summed E-state index contributed by atoms with van der Waals surface area (Å²) < 4.78 is 170. The van der Waals surface area contributed by atoms with Crippen molar-refractivity contribution in [3.05, 3.63) is 95.6 Å². The maximum absolute atomic E-state index is 12.6. The lowest BCUT2D eigenvalue weighted by molar-refractivity contribution is -0.432. The predicted octanol–water partition coefficient (Wildman–Crippen LogP) is 7.81. The molecule has 0 aliphatic heterocycles. The molecule has 1 amide bonds. The van der Waals surface area contributed by atoms with Crippen LogP contribution in [0.3, 0.4) is 0 Å². The third-order valence-corrected chi connectivity index (χ3v) is 13.7. The molecule has 0 aliphatic rings. The summed E-state index contributed by atoms with van der Waals surface area (Å²) in [6.07, 6.45) is 1.27.